The quantitative estimate of drug-likeness (QED) is 0.554. The summed E-state index contributed by atoms with van der Waals surface area (Å²) in [7, 11) is 0. The van der Waals surface area contributed by atoms with Crippen LogP contribution in [0.3, 0.4) is 0 Å². The van der Waals surface area contributed by atoms with Gasteiger partial charge in [-0.15, -0.1) is 0 Å². The molecular formula is C22H24Cl2F2N4O5. The molecule has 1 fully saturated rings. The lowest BCUT2D eigenvalue weighted by atomic mass is 10.0. The van der Waals surface area contributed by atoms with Gasteiger partial charge in [0.2, 0.25) is 0 Å². The number of carboxylic acids is 1. The van der Waals surface area contributed by atoms with Gasteiger partial charge in [0.25, 0.3) is 5.91 Å². The summed E-state index contributed by atoms with van der Waals surface area (Å²) in [5, 5.41) is 11.0. The Labute approximate surface area is 210 Å². The minimum absolute atomic E-state index is 0.00578. The van der Waals surface area contributed by atoms with E-state index in [0.717, 1.165) is 24.5 Å². The molecule has 9 nitrogen and oxygen atoms in total. The first-order valence-corrected chi connectivity index (χ1v) is 11.2. The van der Waals surface area contributed by atoms with Crippen molar-refractivity contribution in [1.82, 2.24) is 20.2 Å². The summed E-state index contributed by atoms with van der Waals surface area (Å²) in [4.78, 5) is 43.0. The topological polar surface area (TPSA) is 122 Å². The lowest BCUT2D eigenvalue weighted by Crippen LogP contribution is -2.47. The van der Waals surface area contributed by atoms with Crippen LogP contribution in [-0.2, 0) is 4.74 Å². The molecule has 2 amide bonds. The average Bonchev–Trinajstić information content (AvgIpc) is 2.76. The van der Waals surface area contributed by atoms with Gasteiger partial charge in [0, 0.05) is 19.1 Å². The number of hydrogen-bond donors (Lipinski definition) is 2. The largest absolute Gasteiger partial charge is 0.478 e. The fraction of sp³-hybridized carbons (Fsp3) is 0.409. The highest BCUT2D eigenvalue weighted by Crippen LogP contribution is 2.18. The van der Waals surface area contributed by atoms with Crippen LogP contribution in [-0.4, -0.2) is 62.7 Å². The number of piperidine rings is 1. The van der Waals surface area contributed by atoms with Crippen molar-refractivity contribution in [3.8, 4) is 0 Å². The number of halogens is 4. The summed E-state index contributed by atoms with van der Waals surface area (Å²) in [5.74, 6) is -3.10. The lowest BCUT2D eigenvalue weighted by molar-refractivity contribution is 0.0199. The van der Waals surface area contributed by atoms with Crippen molar-refractivity contribution in [3.05, 3.63) is 57.6 Å². The van der Waals surface area contributed by atoms with Crippen molar-refractivity contribution in [1.29, 1.82) is 0 Å². The fourth-order valence-corrected chi connectivity index (χ4v) is 3.32. The second kappa shape index (κ2) is 12.1. The van der Waals surface area contributed by atoms with E-state index in [1.54, 1.807) is 4.90 Å². The number of rotatable bonds is 3. The smallest absolute Gasteiger partial charge is 0.410 e. The van der Waals surface area contributed by atoms with E-state index >= 15 is 0 Å². The van der Waals surface area contributed by atoms with Crippen LogP contribution in [0.25, 0.3) is 0 Å². The number of likely N-dealkylation sites (tertiary alicyclic amines) is 1. The molecular weight excluding hydrogens is 509 g/mol. The van der Waals surface area contributed by atoms with Gasteiger partial charge in [0.05, 0.1) is 23.5 Å². The van der Waals surface area contributed by atoms with Gasteiger partial charge in [-0.05, 0) is 45.7 Å². The first-order valence-electron chi connectivity index (χ1n) is 10.4. The number of amides is 2. The molecule has 190 valence electrons. The van der Waals surface area contributed by atoms with E-state index in [-0.39, 0.29) is 33.6 Å². The normalized spacial score (nSPS) is 14.0. The number of aromatic nitrogens is 2. The zero-order valence-corrected chi connectivity index (χ0v) is 20.7. The van der Waals surface area contributed by atoms with Crippen molar-refractivity contribution in [3.63, 3.8) is 0 Å². The molecule has 2 aromatic rings. The Morgan fingerprint density at radius 2 is 1.51 bits per heavy atom. The molecule has 0 atom stereocenters. The molecule has 0 saturated carbocycles. The summed E-state index contributed by atoms with van der Waals surface area (Å²) < 4.78 is 30.8. The van der Waals surface area contributed by atoms with Crippen molar-refractivity contribution in [2.45, 2.75) is 45.3 Å². The summed E-state index contributed by atoms with van der Waals surface area (Å²) >= 11 is 11.2. The summed E-state index contributed by atoms with van der Waals surface area (Å²) in [6.07, 6.45) is 2.63. The maximum absolute atomic E-state index is 13.2. The second-order valence-electron chi connectivity index (χ2n) is 8.50. The number of pyridine rings is 2. The molecule has 2 aromatic heterocycles. The maximum atomic E-state index is 13.2. The molecule has 1 aliphatic heterocycles. The number of nitrogens with zero attached hydrogens (tertiary/aromatic N) is 3. The first-order chi connectivity index (χ1) is 16.3. The number of carbonyl (C=O) groups excluding carboxylic acids is 2. The van der Waals surface area contributed by atoms with Gasteiger partial charge in [-0.25, -0.2) is 28.3 Å². The fourth-order valence-electron chi connectivity index (χ4n) is 2.95. The van der Waals surface area contributed by atoms with Crippen molar-refractivity contribution < 1.29 is 33.0 Å². The highest BCUT2D eigenvalue weighted by molar-refractivity contribution is 6.32. The maximum Gasteiger partial charge on any atom is 0.410 e. The molecule has 1 saturated heterocycles. The van der Waals surface area contributed by atoms with Gasteiger partial charge in [-0.1, -0.05) is 23.2 Å². The second-order valence-corrected chi connectivity index (χ2v) is 9.22. The Bertz CT molecular complexity index is 1090. The Balaban J connectivity index is 0.000000328. The molecule has 0 unspecified atom stereocenters. The van der Waals surface area contributed by atoms with Crippen LogP contribution in [0.4, 0.5) is 13.6 Å². The lowest BCUT2D eigenvalue weighted by Gasteiger charge is -2.33. The molecule has 0 spiro atoms. The van der Waals surface area contributed by atoms with Crippen LogP contribution in [0.1, 0.15) is 54.3 Å². The third-order valence-corrected chi connectivity index (χ3v) is 5.17. The van der Waals surface area contributed by atoms with Gasteiger partial charge in [-0.3, -0.25) is 4.79 Å². The highest BCUT2D eigenvalue weighted by Gasteiger charge is 2.28. The van der Waals surface area contributed by atoms with Crippen LogP contribution in [0.5, 0.6) is 0 Å². The van der Waals surface area contributed by atoms with E-state index in [4.69, 9.17) is 33.0 Å². The molecule has 0 aromatic carbocycles. The monoisotopic (exact) mass is 532 g/mol. The summed E-state index contributed by atoms with van der Waals surface area (Å²) in [5.41, 5.74) is -0.860. The van der Waals surface area contributed by atoms with Crippen LogP contribution in [0, 0.1) is 11.6 Å². The predicted octanol–water partition coefficient (Wildman–Crippen LogP) is 4.58. The van der Waals surface area contributed by atoms with Crippen LogP contribution < -0.4 is 5.32 Å². The molecule has 13 heteroatoms. The molecule has 3 heterocycles. The summed E-state index contributed by atoms with van der Waals surface area (Å²) in [6, 6.07) is 1.76. The zero-order valence-electron chi connectivity index (χ0n) is 19.1. The molecule has 3 rings (SSSR count). The Morgan fingerprint density at radius 3 is 1.97 bits per heavy atom. The highest BCUT2D eigenvalue weighted by atomic mass is 35.5. The first kappa shape index (κ1) is 28.2. The third-order valence-electron chi connectivity index (χ3n) is 4.57. The number of ether oxygens (including phenoxy) is 1. The Hall–Kier alpha value is -3.05. The summed E-state index contributed by atoms with van der Waals surface area (Å²) in [6.45, 7) is 6.40. The van der Waals surface area contributed by atoms with E-state index in [1.165, 1.54) is 0 Å². The van der Waals surface area contributed by atoms with Crippen LogP contribution in [0.15, 0.2) is 24.5 Å². The standard InChI is InChI=1S/C16H21ClFN3O3.C6H3ClFNO2/c1-16(2,3)24-15(23)21-6-4-11(5-7-21)20-14(22)12-8-10(18)9-19-13(12)17;7-5-4(6(10)11)1-3(8)2-9-5/h8-9,11H,4-7H2,1-3H3,(H,20,22);1-2H,(H,10,11). The van der Waals surface area contributed by atoms with E-state index < -0.39 is 29.1 Å². The minimum atomic E-state index is -1.29. The molecule has 2 N–H and O–H groups in total. The molecule has 0 radical (unpaired) electrons. The van der Waals surface area contributed by atoms with Crippen molar-refractivity contribution in [2.24, 2.45) is 0 Å². The Morgan fingerprint density at radius 1 is 1.03 bits per heavy atom. The predicted molar refractivity (Wildman–Crippen MR) is 124 cm³/mol. The molecule has 1 aliphatic rings. The van der Waals surface area contributed by atoms with Gasteiger partial charge in [0.15, 0.2) is 0 Å². The van der Waals surface area contributed by atoms with E-state index in [0.29, 0.717) is 25.9 Å². The van der Waals surface area contributed by atoms with Gasteiger partial charge in [-0.2, -0.15) is 0 Å². The van der Waals surface area contributed by atoms with E-state index in [1.807, 2.05) is 20.8 Å². The average molecular weight is 533 g/mol. The number of carboxylic acid groups (broad SMARTS) is 1. The number of nitrogens with one attached hydrogen (secondary N) is 1. The zero-order chi connectivity index (χ0) is 26.3. The van der Waals surface area contributed by atoms with E-state index in [9.17, 15) is 23.2 Å². The molecule has 35 heavy (non-hydrogen) atoms. The number of aromatic carboxylic acids is 1. The van der Waals surface area contributed by atoms with Gasteiger partial charge in [0.1, 0.15) is 27.5 Å². The van der Waals surface area contributed by atoms with Crippen LogP contribution >= 0.6 is 23.2 Å². The number of hydrogen-bond acceptors (Lipinski definition) is 6. The minimum Gasteiger partial charge on any atom is -0.478 e. The van der Waals surface area contributed by atoms with Crippen molar-refractivity contribution >= 4 is 41.2 Å². The van der Waals surface area contributed by atoms with Crippen LogP contribution in [0.2, 0.25) is 10.3 Å². The van der Waals surface area contributed by atoms with Gasteiger partial charge >= 0.3 is 12.1 Å². The number of carbonyl (C=O) groups is 3. The molecule has 0 aliphatic carbocycles. The SMILES string of the molecule is CC(C)(C)OC(=O)N1CCC(NC(=O)c2cc(F)cnc2Cl)CC1.O=C(O)c1cc(F)cnc1Cl. The van der Waals surface area contributed by atoms with Crippen molar-refractivity contribution in [2.75, 3.05) is 13.1 Å². The Kier molecular flexibility index (Phi) is 9.73. The molecule has 0 bridgehead atoms. The van der Waals surface area contributed by atoms with E-state index in [2.05, 4.69) is 15.3 Å². The third kappa shape index (κ3) is 8.91. The van der Waals surface area contributed by atoms with Gasteiger partial charge < -0.3 is 20.1 Å².